The van der Waals surface area contributed by atoms with E-state index < -0.39 is 5.60 Å². The number of amides is 1. The van der Waals surface area contributed by atoms with Gasteiger partial charge in [0.15, 0.2) is 5.13 Å². The fourth-order valence-electron chi connectivity index (χ4n) is 4.09. The van der Waals surface area contributed by atoms with E-state index in [4.69, 9.17) is 14.5 Å². The predicted molar refractivity (Wildman–Crippen MR) is 149 cm³/mol. The highest BCUT2D eigenvalue weighted by Gasteiger charge is 2.28. The van der Waals surface area contributed by atoms with E-state index in [1.807, 2.05) is 57.2 Å². The topological polar surface area (TPSA) is 132 Å². The van der Waals surface area contributed by atoms with Crippen molar-refractivity contribution in [1.82, 2.24) is 35.1 Å². The number of piperidine rings is 1. The monoisotopic (exact) mass is 549 g/mol. The van der Waals surface area contributed by atoms with Gasteiger partial charge >= 0.3 is 6.09 Å². The minimum atomic E-state index is -0.531. The number of anilines is 3. The summed E-state index contributed by atoms with van der Waals surface area (Å²) in [5.41, 5.74) is 0.295. The molecule has 204 valence electrons. The minimum absolute atomic E-state index is 0.0310. The highest BCUT2D eigenvalue weighted by molar-refractivity contribution is 7.18. The number of pyridine rings is 1. The van der Waals surface area contributed by atoms with Crippen molar-refractivity contribution in [1.29, 1.82) is 0 Å². The Bertz CT molecular complexity index is 1420. The number of rotatable bonds is 7. The molecule has 13 heteroatoms. The second kappa shape index (κ2) is 11.2. The third-order valence-electron chi connectivity index (χ3n) is 5.82. The van der Waals surface area contributed by atoms with Gasteiger partial charge in [0.05, 0.1) is 23.9 Å². The minimum Gasteiger partial charge on any atom is -0.496 e. The Morgan fingerprint density at radius 2 is 1.95 bits per heavy atom. The Balaban J connectivity index is 1.26. The smallest absolute Gasteiger partial charge is 0.410 e. The number of thiazole rings is 1. The number of ether oxygens (including phenoxy) is 2. The number of hydrogen-bond donors (Lipinski definition) is 2. The van der Waals surface area contributed by atoms with Gasteiger partial charge in [-0.05, 0) is 51.0 Å². The summed E-state index contributed by atoms with van der Waals surface area (Å²) < 4.78 is 11.1. The first kappa shape index (κ1) is 26.4. The molecule has 1 fully saturated rings. The molecule has 1 saturated heterocycles. The van der Waals surface area contributed by atoms with Crippen LogP contribution < -0.4 is 15.4 Å². The van der Waals surface area contributed by atoms with Crippen LogP contribution in [0.4, 0.5) is 21.6 Å². The number of carbonyl (C=O) groups excluding carboxylic acids is 1. The van der Waals surface area contributed by atoms with E-state index in [1.165, 1.54) is 16.1 Å². The van der Waals surface area contributed by atoms with Gasteiger partial charge in [0, 0.05) is 31.3 Å². The summed E-state index contributed by atoms with van der Waals surface area (Å²) in [6.07, 6.45) is 3.18. The second-order valence-corrected chi connectivity index (χ2v) is 11.1. The predicted octanol–water partition coefficient (Wildman–Crippen LogP) is 4.74. The fraction of sp³-hybridized carbons (Fsp3) is 0.385. The number of nitrogens with one attached hydrogen (secondary N) is 2. The molecule has 0 bridgehead atoms. The zero-order valence-electron chi connectivity index (χ0n) is 22.3. The van der Waals surface area contributed by atoms with Crippen molar-refractivity contribution in [3.8, 4) is 22.1 Å². The quantitative estimate of drug-likeness (QED) is 0.333. The molecule has 1 aromatic carbocycles. The van der Waals surface area contributed by atoms with Crippen molar-refractivity contribution in [2.24, 2.45) is 0 Å². The summed E-state index contributed by atoms with van der Waals surface area (Å²) in [5.74, 6) is 2.33. The molecule has 0 aliphatic carbocycles. The maximum Gasteiger partial charge on any atom is 0.410 e. The molecule has 5 rings (SSSR count). The zero-order chi connectivity index (χ0) is 27.4. The van der Waals surface area contributed by atoms with E-state index in [0.29, 0.717) is 41.4 Å². The Hall–Kier alpha value is -4.26. The molecule has 39 heavy (non-hydrogen) atoms. The van der Waals surface area contributed by atoms with E-state index in [-0.39, 0.29) is 12.1 Å². The molecule has 3 aromatic heterocycles. The van der Waals surface area contributed by atoms with Gasteiger partial charge in [-0.25, -0.2) is 14.8 Å². The Labute approximate surface area is 230 Å². The van der Waals surface area contributed by atoms with Crippen molar-refractivity contribution in [3.63, 3.8) is 0 Å². The lowest BCUT2D eigenvalue weighted by Gasteiger charge is -2.34. The molecule has 0 spiro atoms. The molecule has 1 aliphatic heterocycles. The number of tetrazole rings is 1. The van der Waals surface area contributed by atoms with Gasteiger partial charge in [-0.3, -0.25) is 0 Å². The number of aromatic nitrogens is 6. The normalized spacial score (nSPS) is 15.6. The maximum absolute atomic E-state index is 12.6. The summed E-state index contributed by atoms with van der Waals surface area (Å²) in [6, 6.07) is 13.3. The number of nitrogens with zero attached hydrogens (tertiary/aromatic N) is 7. The number of benzene rings is 1. The number of carbonyl (C=O) groups is 1. The van der Waals surface area contributed by atoms with Crippen LogP contribution >= 0.6 is 11.3 Å². The van der Waals surface area contributed by atoms with Gasteiger partial charge in [0.25, 0.3) is 0 Å². The zero-order valence-corrected chi connectivity index (χ0v) is 23.1. The SMILES string of the molecule is COc1cc(Nc2ncc(-c3nnn(-c4ccccc4)n3)s2)nc(N[C@H]2CCCN(C(=O)OC(C)(C)C)C2)c1. The van der Waals surface area contributed by atoms with Crippen molar-refractivity contribution >= 4 is 34.2 Å². The van der Waals surface area contributed by atoms with Crippen LogP contribution in [0.25, 0.3) is 16.4 Å². The standard InChI is InChI=1S/C26H31N9O3S/c1-26(2,3)38-25(36)34-12-8-9-17(16-34)28-21-13-19(37-4)14-22(29-21)30-24-27-15-20(39-24)23-31-33-35(32-23)18-10-6-5-7-11-18/h5-7,10-11,13-15,17H,8-9,12,16H2,1-4H3,(H2,27,28,29,30)/t17-/m0/s1. The molecule has 1 atom stereocenters. The largest absolute Gasteiger partial charge is 0.496 e. The number of para-hydroxylation sites is 1. The van der Waals surface area contributed by atoms with E-state index in [0.717, 1.165) is 23.4 Å². The van der Waals surface area contributed by atoms with Crippen LogP contribution in [0, 0.1) is 0 Å². The summed E-state index contributed by atoms with van der Waals surface area (Å²) in [5, 5.41) is 20.1. The average Bonchev–Trinajstić information content (AvgIpc) is 3.58. The lowest BCUT2D eigenvalue weighted by Crippen LogP contribution is -2.47. The third kappa shape index (κ3) is 6.79. The van der Waals surface area contributed by atoms with Crippen LogP contribution in [0.3, 0.4) is 0 Å². The third-order valence-corrected chi connectivity index (χ3v) is 6.73. The van der Waals surface area contributed by atoms with Crippen LogP contribution in [0.5, 0.6) is 5.75 Å². The first-order chi connectivity index (χ1) is 18.8. The molecule has 12 nitrogen and oxygen atoms in total. The Morgan fingerprint density at radius 1 is 1.15 bits per heavy atom. The lowest BCUT2D eigenvalue weighted by molar-refractivity contribution is 0.0206. The van der Waals surface area contributed by atoms with Crippen molar-refractivity contribution in [2.45, 2.75) is 45.3 Å². The maximum atomic E-state index is 12.6. The summed E-state index contributed by atoms with van der Waals surface area (Å²) >= 11 is 1.39. The van der Waals surface area contributed by atoms with E-state index in [2.05, 4.69) is 31.0 Å². The molecule has 1 aliphatic rings. The van der Waals surface area contributed by atoms with Crippen LogP contribution in [-0.2, 0) is 4.74 Å². The molecular weight excluding hydrogens is 518 g/mol. The first-order valence-electron chi connectivity index (χ1n) is 12.6. The second-order valence-electron chi connectivity index (χ2n) is 10.1. The number of hydrogen-bond acceptors (Lipinski definition) is 11. The van der Waals surface area contributed by atoms with Gasteiger partial charge < -0.3 is 25.0 Å². The van der Waals surface area contributed by atoms with Gasteiger partial charge in [-0.1, -0.05) is 29.5 Å². The molecule has 0 saturated carbocycles. The highest BCUT2D eigenvalue weighted by atomic mass is 32.1. The molecule has 0 unspecified atom stereocenters. The van der Waals surface area contributed by atoms with Crippen LogP contribution in [0.15, 0.2) is 48.7 Å². The summed E-state index contributed by atoms with van der Waals surface area (Å²) in [7, 11) is 1.61. The summed E-state index contributed by atoms with van der Waals surface area (Å²) in [6.45, 7) is 6.81. The van der Waals surface area contributed by atoms with Gasteiger partial charge in [0.1, 0.15) is 23.0 Å². The lowest BCUT2D eigenvalue weighted by atomic mass is 10.1. The van der Waals surface area contributed by atoms with E-state index in [9.17, 15) is 4.79 Å². The van der Waals surface area contributed by atoms with E-state index >= 15 is 0 Å². The molecule has 2 N–H and O–H groups in total. The first-order valence-corrected chi connectivity index (χ1v) is 13.5. The van der Waals surface area contributed by atoms with Gasteiger partial charge in [-0.15, -0.1) is 15.0 Å². The van der Waals surface area contributed by atoms with Gasteiger partial charge in [0.2, 0.25) is 5.82 Å². The molecule has 0 radical (unpaired) electrons. The fourth-order valence-corrected chi connectivity index (χ4v) is 4.83. The summed E-state index contributed by atoms with van der Waals surface area (Å²) in [4.78, 5) is 25.7. The van der Waals surface area contributed by atoms with Gasteiger partial charge in [-0.2, -0.15) is 0 Å². The number of likely N-dealkylation sites (tertiary alicyclic amines) is 1. The molecule has 4 aromatic rings. The molecule has 1 amide bonds. The van der Waals surface area contributed by atoms with Crippen LogP contribution in [0.1, 0.15) is 33.6 Å². The number of methoxy groups -OCH3 is 1. The van der Waals surface area contributed by atoms with Crippen LogP contribution in [-0.4, -0.2) is 73.0 Å². The Kier molecular flexibility index (Phi) is 7.59. The van der Waals surface area contributed by atoms with Crippen LogP contribution in [0.2, 0.25) is 0 Å². The molecule has 4 heterocycles. The average molecular weight is 550 g/mol. The Morgan fingerprint density at radius 3 is 2.72 bits per heavy atom. The van der Waals surface area contributed by atoms with Crippen molar-refractivity contribution in [3.05, 3.63) is 48.7 Å². The van der Waals surface area contributed by atoms with Crippen molar-refractivity contribution in [2.75, 3.05) is 30.8 Å². The van der Waals surface area contributed by atoms with E-state index in [1.54, 1.807) is 24.3 Å². The van der Waals surface area contributed by atoms with Crippen molar-refractivity contribution < 1.29 is 14.3 Å². The molecular formula is C26H31N9O3S. The highest BCUT2D eigenvalue weighted by Crippen LogP contribution is 2.30.